The molecule has 0 atom stereocenters. The number of carbonyl (C=O) groups excluding carboxylic acids is 1. The number of H-pyrrole nitrogens is 1. The van der Waals surface area contributed by atoms with Gasteiger partial charge in [-0.05, 0) is 24.7 Å². The lowest BCUT2D eigenvalue weighted by atomic mass is 10.2. The third kappa shape index (κ3) is 3.43. The summed E-state index contributed by atoms with van der Waals surface area (Å²) in [6, 6.07) is 7.48. The van der Waals surface area contributed by atoms with Gasteiger partial charge in [0.15, 0.2) is 0 Å². The zero-order valence-corrected chi connectivity index (χ0v) is 12.8. The third-order valence-corrected chi connectivity index (χ3v) is 4.32. The van der Waals surface area contributed by atoms with E-state index in [2.05, 4.69) is 14.6 Å². The van der Waals surface area contributed by atoms with Gasteiger partial charge in [0, 0.05) is 6.07 Å². The molecule has 1 heterocycles. The van der Waals surface area contributed by atoms with Crippen molar-refractivity contribution < 1.29 is 17.9 Å². The number of aromatic nitrogens is 2. The first-order valence-corrected chi connectivity index (χ1v) is 7.92. The molecule has 0 spiro atoms. The lowest BCUT2D eigenvalue weighted by Crippen LogP contribution is -2.20. The van der Waals surface area contributed by atoms with Crippen LogP contribution in [0.25, 0.3) is 5.69 Å². The first-order chi connectivity index (χ1) is 10.4. The average molecular weight is 325 g/mol. The van der Waals surface area contributed by atoms with Crippen LogP contribution in [0.1, 0.15) is 16.1 Å². The summed E-state index contributed by atoms with van der Waals surface area (Å²) >= 11 is 0. The summed E-state index contributed by atoms with van der Waals surface area (Å²) < 4.78 is 30.9. The number of benzene rings is 1. The van der Waals surface area contributed by atoms with Crippen molar-refractivity contribution in [2.24, 2.45) is 0 Å². The van der Waals surface area contributed by atoms with E-state index in [0.717, 1.165) is 6.07 Å². The molecule has 118 valence electrons. The summed E-state index contributed by atoms with van der Waals surface area (Å²) in [6.07, 6.45) is 0. The van der Waals surface area contributed by atoms with E-state index in [0.29, 0.717) is 11.3 Å². The molecule has 0 fully saturated rings. The monoisotopic (exact) mass is 325 g/mol. The maximum absolute atomic E-state index is 11.8. The van der Waals surface area contributed by atoms with Gasteiger partial charge in [0.05, 0.1) is 18.6 Å². The summed E-state index contributed by atoms with van der Waals surface area (Å²) in [7, 11) is -0.795. The van der Waals surface area contributed by atoms with E-state index in [9.17, 15) is 18.0 Å². The second-order valence-corrected chi connectivity index (χ2v) is 6.39. The molecule has 0 aliphatic heterocycles. The van der Waals surface area contributed by atoms with Crippen LogP contribution in [0.3, 0.4) is 0 Å². The van der Waals surface area contributed by atoms with Crippen molar-refractivity contribution >= 4 is 16.0 Å². The summed E-state index contributed by atoms with van der Waals surface area (Å²) in [5.41, 5.74) is 0.669. The highest BCUT2D eigenvalue weighted by atomic mass is 32.2. The Morgan fingerprint density at radius 1 is 1.32 bits per heavy atom. The average Bonchev–Trinajstić information content (AvgIpc) is 2.89. The second kappa shape index (κ2) is 6.16. The minimum Gasteiger partial charge on any atom is -0.464 e. The van der Waals surface area contributed by atoms with E-state index in [1.165, 1.54) is 18.8 Å². The van der Waals surface area contributed by atoms with E-state index in [4.69, 9.17) is 0 Å². The van der Waals surface area contributed by atoms with Crippen molar-refractivity contribution in [1.29, 1.82) is 0 Å². The summed E-state index contributed by atoms with van der Waals surface area (Å²) in [5.74, 6) is -0.802. The SMILES string of the molecule is CNS(=O)(=O)Cc1ccc(-n2[nH]c(C(=O)OC)cc2=O)cc1. The zero-order chi connectivity index (χ0) is 16.3. The number of aromatic amines is 1. The molecular weight excluding hydrogens is 310 g/mol. The molecule has 8 nitrogen and oxygen atoms in total. The van der Waals surface area contributed by atoms with Gasteiger partial charge in [0.25, 0.3) is 5.56 Å². The molecule has 0 saturated carbocycles. The summed E-state index contributed by atoms with van der Waals surface area (Å²) in [5, 5.41) is 2.63. The van der Waals surface area contributed by atoms with Crippen LogP contribution in [0, 0.1) is 0 Å². The van der Waals surface area contributed by atoms with Gasteiger partial charge in [-0.3, -0.25) is 9.89 Å². The molecule has 0 unspecified atom stereocenters. The summed E-state index contributed by atoms with van der Waals surface area (Å²) in [6.45, 7) is 0. The maximum atomic E-state index is 11.8. The van der Waals surface area contributed by atoms with Crippen LogP contribution < -0.4 is 10.3 Å². The molecule has 2 N–H and O–H groups in total. The molecule has 0 radical (unpaired) electrons. The van der Waals surface area contributed by atoms with E-state index >= 15 is 0 Å². The second-order valence-electron chi connectivity index (χ2n) is 4.46. The van der Waals surface area contributed by atoms with Gasteiger partial charge in [-0.1, -0.05) is 12.1 Å². The number of methoxy groups -OCH3 is 1. The normalized spacial score (nSPS) is 11.4. The molecule has 1 aromatic heterocycles. The van der Waals surface area contributed by atoms with Gasteiger partial charge in [-0.2, -0.15) is 0 Å². The van der Waals surface area contributed by atoms with Gasteiger partial charge in [0.1, 0.15) is 5.69 Å². The fourth-order valence-corrected chi connectivity index (χ4v) is 2.61. The molecule has 1 aromatic carbocycles. The van der Waals surface area contributed by atoms with Crippen LogP contribution in [0.2, 0.25) is 0 Å². The highest BCUT2D eigenvalue weighted by Gasteiger charge is 2.13. The van der Waals surface area contributed by atoms with Crippen LogP contribution in [-0.2, 0) is 20.5 Å². The van der Waals surface area contributed by atoms with E-state index < -0.39 is 21.6 Å². The van der Waals surface area contributed by atoms with Crippen molar-refractivity contribution in [2.75, 3.05) is 14.2 Å². The lowest BCUT2D eigenvalue weighted by Gasteiger charge is -2.05. The number of sulfonamides is 1. The van der Waals surface area contributed by atoms with Crippen molar-refractivity contribution in [2.45, 2.75) is 5.75 Å². The Morgan fingerprint density at radius 3 is 2.50 bits per heavy atom. The van der Waals surface area contributed by atoms with Crippen molar-refractivity contribution in [3.63, 3.8) is 0 Å². The first kappa shape index (κ1) is 16.0. The van der Waals surface area contributed by atoms with Crippen molar-refractivity contribution in [3.05, 3.63) is 51.9 Å². The van der Waals surface area contributed by atoms with Crippen molar-refractivity contribution in [1.82, 2.24) is 14.5 Å². The van der Waals surface area contributed by atoms with Crippen LogP contribution in [0.15, 0.2) is 35.1 Å². The fourth-order valence-electron chi connectivity index (χ4n) is 1.83. The Hall–Kier alpha value is -2.39. The molecule has 22 heavy (non-hydrogen) atoms. The van der Waals surface area contributed by atoms with E-state index in [1.54, 1.807) is 24.3 Å². The molecule has 0 bridgehead atoms. The topological polar surface area (TPSA) is 110 Å². The standard InChI is InChI=1S/C13H15N3O5S/c1-14-22(19,20)8-9-3-5-10(6-4-9)16-12(17)7-11(15-16)13(18)21-2/h3-7,14-15H,8H2,1-2H3. The smallest absolute Gasteiger partial charge is 0.356 e. The number of ether oxygens (including phenoxy) is 1. The van der Waals surface area contributed by atoms with Gasteiger partial charge >= 0.3 is 5.97 Å². The van der Waals surface area contributed by atoms with E-state index in [1.807, 2.05) is 0 Å². The van der Waals surface area contributed by atoms with E-state index in [-0.39, 0.29) is 11.4 Å². The Morgan fingerprint density at radius 2 is 1.95 bits per heavy atom. The molecule has 9 heteroatoms. The molecule has 0 aliphatic rings. The third-order valence-electron chi connectivity index (χ3n) is 2.99. The van der Waals surface area contributed by atoms with Gasteiger partial charge < -0.3 is 4.74 Å². The molecule has 0 aliphatic carbocycles. The summed E-state index contributed by atoms with van der Waals surface area (Å²) in [4.78, 5) is 23.2. The number of nitrogens with zero attached hydrogens (tertiary/aromatic N) is 1. The van der Waals surface area contributed by atoms with Crippen LogP contribution in [0.5, 0.6) is 0 Å². The predicted molar refractivity (Wildman–Crippen MR) is 79.4 cm³/mol. The molecular formula is C13H15N3O5S. The van der Waals surface area contributed by atoms with Crippen LogP contribution in [0.4, 0.5) is 0 Å². The minimum atomic E-state index is -3.36. The number of hydrogen-bond donors (Lipinski definition) is 2. The number of hydrogen-bond acceptors (Lipinski definition) is 5. The predicted octanol–water partition coefficient (Wildman–Crippen LogP) is 0.00140. The first-order valence-electron chi connectivity index (χ1n) is 6.27. The zero-order valence-electron chi connectivity index (χ0n) is 12.0. The minimum absolute atomic E-state index is 0.0364. The van der Waals surface area contributed by atoms with Gasteiger partial charge in [-0.25, -0.2) is 22.6 Å². The Labute approximate surface area is 126 Å². The van der Waals surface area contributed by atoms with Crippen LogP contribution >= 0.6 is 0 Å². The fraction of sp³-hybridized carbons (Fsp3) is 0.231. The Balaban J connectivity index is 2.30. The van der Waals surface area contributed by atoms with Gasteiger partial charge in [0.2, 0.25) is 10.0 Å². The molecule has 0 amide bonds. The number of carbonyl (C=O) groups is 1. The molecule has 2 aromatic rings. The van der Waals surface area contributed by atoms with Gasteiger partial charge in [-0.15, -0.1) is 0 Å². The quantitative estimate of drug-likeness (QED) is 0.752. The van der Waals surface area contributed by atoms with Crippen molar-refractivity contribution in [3.8, 4) is 5.69 Å². The molecule has 2 rings (SSSR count). The number of rotatable bonds is 5. The van der Waals surface area contributed by atoms with Crippen LogP contribution in [-0.4, -0.2) is 38.3 Å². The molecule has 0 saturated heterocycles. The Bertz CT molecular complexity index is 833. The highest BCUT2D eigenvalue weighted by Crippen LogP contribution is 2.10. The largest absolute Gasteiger partial charge is 0.464 e. The maximum Gasteiger partial charge on any atom is 0.356 e. The Kier molecular flexibility index (Phi) is 4.48. The highest BCUT2D eigenvalue weighted by molar-refractivity contribution is 7.88. The number of nitrogens with one attached hydrogen (secondary N) is 2. The number of esters is 1. The lowest BCUT2D eigenvalue weighted by molar-refractivity contribution is 0.0593.